The predicted molar refractivity (Wildman–Crippen MR) is 104 cm³/mol. The normalized spacial score (nSPS) is 11.5. The highest BCUT2D eigenvalue weighted by molar-refractivity contribution is 7.92. The number of nitrogens with zero attached hydrogens (tertiary/aromatic N) is 2. The lowest BCUT2D eigenvalue weighted by molar-refractivity contribution is 0.585. The molecule has 0 unspecified atom stereocenters. The van der Waals surface area contributed by atoms with E-state index in [0.29, 0.717) is 11.3 Å². The summed E-state index contributed by atoms with van der Waals surface area (Å²) in [5, 5.41) is 4.10. The minimum atomic E-state index is -3.70. The minimum absolute atomic E-state index is 0.199. The molecule has 0 aliphatic heterocycles. The summed E-state index contributed by atoms with van der Waals surface area (Å²) < 4.78 is 42.8. The summed E-state index contributed by atoms with van der Waals surface area (Å²) >= 11 is 0. The maximum absolute atomic E-state index is 13.7. The largest absolute Gasteiger partial charge is 0.276 e. The number of benzene rings is 2. The number of aryl methyl sites for hydroxylation is 1. The summed E-state index contributed by atoms with van der Waals surface area (Å²) in [5.41, 5.74) is 1.94. The molecule has 2 aromatic carbocycles. The van der Waals surface area contributed by atoms with E-state index >= 15 is 0 Å². The molecule has 27 heavy (non-hydrogen) atoms. The van der Waals surface area contributed by atoms with Crippen LogP contribution in [0.4, 0.5) is 10.1 Å². The molecule has 3 rings (SSSR count). The first kappa shape index (κ1) is 19.1. The topological polar surface area (TPSA) is 64.0 Å². The molecule has 0 amide bonds. The van der Waals surface area contributed by atoms with E-state index in [2.05, 4.69) is 16.7 Å². The quantitative estimate of drug-likeness (QED) is 0.630. The van der Waals surface area contributed by atoms with Crippen molar-refractivity contribution in [1.29, 1.82) is 0 Å². The van der Waals surface area contributed by atoms with Gasteiger partial charge in [-0.25, -0.2) is 12.8 Å². The molecule has 142 valence electrons. The van der Waals surface area contributed by atoms with Gasteiger partial charge < -0.3 is 0 Å². The fourth-order valence-corrected chi connectivity index (χ4v) is 3.76. The van der Waals surface area contributed by atoms with Crippen LogP contribution >= 0.6 is 0 Å². The van der Waals surface area contributed by atoms with Gasteiger partial charge in [0.25, 0.3) is 10.0 Å². The molecule has 0 saturated heterocycles. The Morgan fingerprint density at radius 1 is 1.11 bits per heavy atom. The number of anilines is 1. The fraction of sp³-hybridized carbons (Fsp3) is 0.250. The Bertz CT molecular complexity index is 998. The Morgan fingerprint density at radius 3 is 2.56 bits per heavy atom. The van der Waals surface area contributed by atoms with E-state index in [1.165, 1.54) is 16.9 Å². The van der Waals surface area contributed by atoms with Crippen molar-refractivity contribution in [2.24, 2.45) is 0 Å². The lowest BCUT2D eigenvalue weighted by atomic mass is 10.1. The third-order valence-corrected chi connectivity index (χ3v) is 5.63. The molecule has 1 N–H and O–H groups in total. The zero-order valence-electron chi connectivity index (χ0n) is 15.1. The van der Waals surface area contributed by atoms with Crippen LogP contribution in [0.5, 0.6) is 0 Å². The highest BCUT2D eigenvalue weighted by Gasteiger charge is 2.15. The van der Waals surface area contributed by atoms with Crippen molar-refractivity contribution in [3.8, 4) is 0 Å². The molecule has 0 spiro atoms. The lowest BCUT2D eigenvalue weighted by Crippen LogP contribution is -2.12. The van der Waals surface area contributed by atoms with Crippen molar-refractivity contribution in [2.75, 3.05) is 4.72 Å². The Labute approximate surface area is 158 Å². The third-order valence-electron chi connectivity index (χ3n) is 4.23. The number of hydrogen-bond acceptors (Lipinski definition) is 3. The van der Waals surface area contributed by atoms with E-state index < -0.39 is 10.0 Å². The van der Waals surface area contributed by atoms with Gasteiger partial charge in [0.05, 0.1) is 23.3 Å². The molecule has 0 radical (unpaired) electrons. The number of aromatic nitrogens is 2. The van der Waals surface area contributed by atoms with Gasteiger partial charge >= 0.3 is 0 Å². The van der Waals surface area contributed by atoms with E-state index in [9.17, 15) is 12.8 Å². The molecule has 0 bridgehead atoms. The third kappa shape index (κ3) is 4.95. The number of unbranched alkanes of at least 4 members (excludes halogenated alkanes) is 1. The highest BCUT2D eigenvalue weighted by Crippen LogP contribution is 2.18. The van der Waals surface area contributed by atoms with Crippen molar-refractivity contribution in [3.63, 3.8) is 0 Å². The Morgan fingerprint density at radius 2 is 1.85 bits per heavy atom. The molecule has 1 heterocycles. The molecule has 5 nitrogen and oxygen atoms in total. The molecule has 0 atom stereocenters. The molecular formula is C20H22FN3O2S. The van der Waals surface area contributed by atoms with Gasteiger partial charge in [0.15, 0.2) is 0 Å². The van der Waals surface area contributed by atoms with Crippen LogP contribution in [0.2, 0.25) is 0 Å². The number of sulfonamides is 1. The van der Waals surface area contributed by atoms with Crippen LogP contribution in [-0.4, -0.2) is 18.2 Å². The summed E-state index contributed by atoms with van der Waals surface area (Å²) in [5.74, 6) is -0.321. The van der Waals surface area contributed by atoms with Gasteiger partial charge in [-0.15, -0.1) is 0 Å². The van der Waals surface area contributed by atoms with E-state index in [-0.39, 0.29) is 17.3 Å². The van der Waals surface area contributed by atoms with E-state index in [0.717, 1.165) is 24.8 Å². The van der Waals surface area contributed by atoms with Crippen LogP contribution in [0.3, 0.4) is 0 Å². The zero-order valence-corrected chi connectivity index (χ0v) is 15.9. The van der Waals surface area contributed by atoms with Gasteiger partial charge in [-0.1, -0.05) is 43.7 Å². The van der Waals surface area contributed by atoms with E-state index in [4.69, 9.17) is 0 Å². The number of rotatable bonds is 8. The smallest absolute Gasteiger partial charge is 0.261 e. The molecule has 0 aliphatic rings. The van der Waals surface area contributed by atoms with Gasteiger partial charge in [-0.05, 0) is 36.6 Å². The van der Waals surface area contributed by atoms with Crippen molar-refractivity contribution >= 4 is 15.7 Å². The molecule has 0 aliphatic carbocycles. The van der Waals surface area contributed by atoms with Crippen LogP contribution in [0.15, 0.2) is 65.8 Å². The first-order valence-electron chi connectivity index (χ1n) is 8.85. The second-order valence-corrected chi connectivity index (χ2v) is 8.05. The maximum Gasteiger partial charge on any atom is 0.261 e. The summed E-state index contributed by atoms with van der Waals surface area (Å²) in [6, 6.07) is 13.3. The van der Waals surface area contributed by atoms with Gasteiger partial charge in [-0.2, -0.15) is 5.10 Å². The monoisotopic (exact) mass is 387 g/mol. The number of hydrogen-bond donors (Lipinski definition) is 1. The van der Waals surface area contributed by atoms with E-state index in [1.54, 1.807) is 36.5 Å². The first-order chi connectivity index (χ1) is 13.0. The van der Waals surface area contributed by atoms with Gasteiger partial charge in [0.2, 0.25) is 0 Å². The first-order valence-corrected chi connectivity index (χ1v) is 10.3. The molecule has 1 aromatic heterocycles. The zero-order chi connectivity index (χ0) is 19.3. The molecule has 0 fully saturated rings. The fourth-order valence-electron chi connectivity index (χ4n) is 2.73. The molecular weight excluding hydrogens is 365 g/mol. The maximum atomic E-state index is 13.7. The van der Waals surface area contributed by atoms with Crippen LogP contribution in [0, 0.1) is 5.82 Å². The second-order valence-electron chi connectivity index (χ2n) is 6.37. The average molecular weight is 387 g/mol. The lowest BCUT2D eigenvalue weighted by Gasteiger charge is -2.07. The summed E-state index contributed by atoms with van der Waals surface area (Å²) in [6.45, 7) is 2.34. The van der Waals surface area contributed by atoms with Crippen LogP contribution in [-0.2, 0) is 23.0 Å². The summed E-state index contributed by atoms with van der Waals surface area (Å²) in [7, 11) is -3.70. The van der Waals surface area contributed by atoms with Crippen molar-refractivity contribution < 1.29 is 12.8 Å². The second kappa shape index (κ2) is 8.35. The van der Waals surface area contributed by atoms with Crippen LogP contribution < -0.4 is 4.72 Å². The molecule has 3 aromatic rings. The molecule has 0 saturated carbocycles. The van der Waals surface area contributed by atoms with Gasteiger partial charge in [0.1, 0.15) is 5.82 Å². The van der Waals surface area contributed by atoms with Crippen LogP contribution in [0.25, 0.3) is 0 Å². The predicted octanol–water partition coefficient (Wildman–Crippen LogP) is 4.21. The number of nitrogens with one attached hydrogen (secondary N) is 1. The molecule has 7 heteroatoms. The Hall–Kier alpha value is -2.67. The van der Waals surface area contributed by atoms with Gasteiger partial charge in [-0.3, -0.25) is 9.40 Å². The Kier molecular flexibility index (Phi) is 5.91. The van der Waals surface area contributed by atoms with Gasteiger partial charge in [0, 0.05) is 11.8 Å². The minimum Gasteiger partial charge on any atom is -0.276 e. The Balaban J connectivity index is 1.69. The average Bonchev–Trinajstić information content (AvgIpc) is 3.08. The highest BCUT2D eigenvalue weighted by atomic mass is 32.2. The summed E-state index contributed by atoms with van der Waals surface area (Å²) in [4.78, 5) is 0.199. The van der Waals surface area contributed by atoms with Crippen LogP contribution in [0.1, 0.15) is 30.9 Å². The van der Waals surface area contributed by atoms with Crippen molar-refractivity contribution in [3.05, 3.63) is 77.9 Å². The standard InChI is InChI=1S/C20H22FN3O2S/c1-2-3-6-16-9-11-19(12-10-16)27(25,26)23-18-13-22-24(15-18)14-17-7-4-5-8-20(17)21/h4-5,7-13,15,23H,2-3,6,14H2,1H3. The SMILES string of the molecule is CCCCc1ccc(S(=O)(=O)Nc2cnn(Cc3ccccc3F)c2)cc1. The van der Waals surface area contributed by atoms with E-state index in [1.807, 2.05) is 12.1 Å². The van der Waals surface area contributed by atoms with Crippen molar-refractivity contribution in [1.82, 2.24) is 9.78 Å². The van der Waals surface area contributed by atoms with Crippen molar-refractivity contribution in [2.45, 2.75) is 37.6 Å². The summed E-state index contributed by atoms with van der Waals surface area (Å²) in [6.07, 6.45) is 6.06. The number of halogens is 1.